The van der Waals surface area contributed by atoms with Crippen LogP contribution in [-0.2, 0) is 11.8 Å². The van der Waals surface area contributed by atoms with Crippen molar-refractivity contribution in [2.24, 2.45) is 7.05 Å². The fraction of sp³-hybridized carbons (Fsp3) is 0.450. The van der Waals surface area contributed by atoms with Crippen LogP contribution in [0.4, 0.5) is 0 Å². The van der Waals surface area contributed by atoms with Crippen molar-refractivity contribution in [1.82, 2.24) is 14.1 Å². The molecule has 1 aliphatic rings. The summed E-state index contributed by atoms with van der Waals surface area (Å²) in [6.07, 6.45) is 1.77. The lowest BCUT2D eigenvalue weighted by molar-refractivity contribution is 0.0564. The summed E-state index contributed by atoms with van der Waals surface area (Å²) in [6.45, 7) is 5.25. The Kier molecular flexibility index (Phi) is 4.15. The Morgan fingerprint density at radius 2 is 2.00 bits per heavy atom. The minimum Gasteiger partial charge on any atom is -0.379 e. The molecule has 3 aromatic rings. The Balaban J connectivity index is 2.15. The third-order valence-electron chi connectivity index (χ3n) is 5.20. The molecular weight excluding hydrogens is 330 g/mol. The zero-order chi connectivity index (χ0) is 18.4. The SMILES string of the molecule is CC(C)c1nc2c(c(=O)c3ccccc3n2C)c(=O)n1C1CCCOC1. The summed E-state index contributed by atoms with van der Waals surface area (Å²) in [5, 5.41) is 0.714. The Bertz CT molecular complexity index is 1110. The largest absolute Gasteiger partial charge is 0.379 e. The number of hydrogen-bond donors (Lipinski definition) is 0. The number of aromatic nitrogens is 3. The summed E-state index contributed by atoms with van der Waals surface area (Å²) in [7, 11) is 1.86. The number of rotatable bonds is 2. The minimum absolute atomic E-state index is 0.0654. The van der Waals surface area contributed by atoms with E-state index in [0.717, 1.165) is 25.0 Å². The number of benzene rings is 1. The maximum Gasteiger partial charge on any atom is 0.267 e. The number of hydrogen-bond acceptors (Lipinski definition) is 4. The maximum atomic E-state index is 13.4. The molecule has 0 N–H and O–H groups in total. The summed E-state index contributed by atoms with van der Waals surface area (Å²) < 4.78 is 9.15. The zero-order valence-electron chi connectivity index (χ0n) is 15.4. The third kappa shape index (κ3) is 2.48. The Morgan fingerprint density at radius 3 is 2.69 bits per heavy atom. The van der Waals surface area contributed by atoms with Crippen LogP contribution >= 0.6 is 0 Å². The molecule has 136 valence electrons. The molecule has 1 aliphatic heterocycles. The van der Waals surface area contributed by atoms with Gasteiger partial charge in [-0.2, -0.15) is 0 Å². The van der Waals surface area contributed by atoms with E-state index in [0.29, 0.717) is 23.5 Å². The van der Waals surface area contributed by atoms with Crippen molar-refractivity contribution in [2.45, 2.75) is 38.6 Å². The van der Waals surface area contributed by atoms with Crippen LogP contribution in [-0.4, -0.2) is 27.3 Å². The molecule has 1 atom stereocenters. The van der Waals surface area contributed by atoms with Crippen LogP contribution in [0.2, 0.25) is 0 Å². The average Bonchev–Trinajstić information content (AvgIpc) is 2.66. The van der Waals surface area contributed by atoms with Crippen LogP contribution in [0.3, 0.4) is 0 Å². The first-order valence-electron chi connectivity index (χ1n) is 9.12. The van der Waals surface area contributed by atoms with E-state index in [-0.39, 0.29) is 28.3 Å². The van der Waals surface area contributed by atoms with Crippen molar-refractivity contribution in [3.05, 3.63) is 50.7 Å². The highest BCUT2D eigenvalue weighted by Crippen LogP contribution is 2.24. The first-order chi connectivity index (χ1) is 12.5. The van der Waals surface area contributed by atoms with Gasteiger partial charge >= 0.3 is 0 Å². The molecule has 0 radical (unpaired) electrons. The number of nitrogens with zero attached hydrogens (tertiary/aromatic N) is 3. The van der Waals surface area contributed by atoms with E-state index in [9.17, 15) is 9.59 Å². The molecule has 0 spiro atoms. The Morgan fingerprint density at radius 1 is 1.23 bits per heavy atom. The number of pyridine rings is 1. The van der Waals surface area contributed by atoms with Gasteiger partial charge in [-0.15, -0.1) is 0 Å². The molecule has 0 bridgehead atoms. The second-order valence-corrected chi connectivity index (χ2v) is 7.27. The highest BCUT2D eigenvalue weighted by Gasteiger charge is 2.25. The normalized spacial score (nSPS) is 18.1. The Hall–Kier alpha value is -2.47. The summed E-state index contributed by atoms with van der Waals surface area (Å²) in [5.74, 6) is 0.777. The van der Waals surface area contributed by atoms with Gasteiger partial charge in [0.15, 0.2) is 5.65 Å². The van der Waals surface area contributed by atoms with Gasteiger partial charge in [-0.25, -0.2) is 4.98 Å². The van der Waals surface area contributed by atoms with E-state index in [1.165, 1.54) is 0 Å². The summed E-state index contributed by atoms with van der Waals surface area (Å²) >= 11 is 0. The standard InChI is InChI=1S/C20H23N3O3/c1-12(2)18-21-19-16(20(25)23(18)13-7-6-10-26-11-13)17(24)14-8-4-5-9-15(14)22(19)3/h4-5,8-9,12-13H,6-7,10-11H2,1-3H3. The van der Waals surface area contributed by atoms with Crippen LogP contribution in [0.15, 0.2) is 33.9 Å². The summed E-state index contributed by atoms with van der Waals surface area (Å²) in [6, 6.07) is 7.28. The van der Waals surface area contributed by atoms with Gasteiger partial charge in [0.1, 0.15) is 11.2 Å². The minimum atomic E-state index is -0.249. The van der Waals surface area contributed by atoms with E-state index >= 15 is 0 Å². The van der Waals surface area contributed by atoms with Gasteiger partial charge in [-0.05, 0) is 25.0 Å². The first-order valence-corrected chi connectivity index (χ1v) is 9.12. The second-order valence-electron chi connectivity index (χ2n) is 7.27. The van der Waals surface area contributed by atoms with Crippen molar-refractivity contribution >= 4 is 21.9 Å². The lowest BCUT2D eigenvalue weighted by Gasteiger charge is -2.27. The van der Waals surface area contributed by atoms with Crippen LogP contribution in [0.1, 0.15) is 44.5 Å². The number of para-hydroxylation sites is 1. The van der Waals surface area contributed by atoms with Crippen LogP contribution in [0.5, 0.6) is 0 Å². The molecule has 6 nitrogen and oxygen atoms in total. The first kappa shape index (κ1) is 17.0. The number of fused-ring (bicyclic) bond motifs is 2. The lowest BCUT2D eigenvalue weighted by atomic mass is 10.1. The molecule has 1 unspecified atom stereocenters. The van der Waals surface area contributed by atoms with E-state index in [1.807, 2.05) is 43.7 Å². The Labute approximate surface area is 151 Å². The molecule has 1 saturated heterocycles. The average molecular weight is 353 g/mol. The van der Waals surface area contributed by atoms with Gasteiger partial charge < -0.3 is 9.30 Å². The highest BCUT2D eigenvalue weighted by molar-refractivity contribution is 5.91. The molecule has 6 heteroatoms. The second kappa shape index (κ2) is 6.36. The molecule has 3 heterocycles. The number of aryl methyl sites for hydroxylation is 1. The quantitative estimate of drug-likeness (QED) is 0.665. The molecule has 0 amide bonds. The fourth-order valence-electron chi connectivity index (χ4n) is 3.87. The third-order valence-corrected chi connectivity index (χ3v) is 5.20. The van der Waals surface area contributed by atoms with Crippen molar-refractivity contribution in [3.8, 4) is 0 Å². The molecule has 0 aliphatic carbocycles. The van der Waals surface area contributed by atoms with Gasteiger partial charge in [0, 0.05) is 25.0 Å². The molecule has 1 fully saturated rings. The van der Waals surface area contributed by atoms with Crippen LogP contribution in [0.25, 0.3) is 21.9 Å². The fourth-order valence-corrected chi connectivity index (χ4v) is 3.87. The van der Waals surface area contributed by atoms with E-state index in [1.54, 1.807) is 10.6 Å². The van der Waals surface area contributed by atoms with Crippen molar-refractivity contribution in [1.29, 1.82) is 0 Å². The molecule has 4 rings (SSSR count). The predicted molar refractivity (Wildman–Crippen MR) is 102 cm³/mol. The van der Waals surface area contributed by atoms with E-state index in [4.69, 9.17) is 9.72 Å². The smallest absolute Gasteiger partial charge is 0.267 e. The summed E-state index contributed by atoms with van der Waals surface area (Å²) in [5.41, 5.74) is 0.744. The zero-order valence-corrected chi connectivity index (χ0v) is 15.4. The van der Waals surface area contributed by atoms with Crippen molar-refractivity contribution in [2.75, 3.05) is 13.2 Å². The van der Waals surface area contributed by atoms with Gasteiger partial charge in [0.2, 0.25) is 5.43 Å². The predicted octanol–water partition coefficient (Wildman–Crippen LogP) is 2.72. The molecule has 2 aromatic heterocycles. The molecule has 26 heavy (non-hydrogen) atoms. The van der Waals surface area contributed by atoms with Crippen molar-refractivity contribution < 1.29 is 4.74 Å². The van der Waals surface area contributed by atoms with Crippen LogP contribution in [0, 0.1) is 0 Å². The highest BCUT2D eigenvalue weighted by atomic mass is 16.5. The van der Waals surface area contributed by atoms with E-state index in [2.05, 4.69) is 0 Å². The van der Waals surface area contributed by atoms with Crippen LogP contribution < -0.4 is 11.0 Å². The monoisotopic (exact) mass is 353 g/mol. The van der Waals surface area contributed by atoms with Gasteiger partial charge in [-0.3, -0.25) is 14.2 Å². The summed E-state index contributed by atoms with van der Waals surface area (Å²) in [4.78, 5) is 31.3. The lowest BCUT2D eigenvalue weighted by Crippen LogP contribution is -2.36. The van der Waals surface area contributed by atoms with E-state index < -0.39 is 0 Å². The molecule has 0 saturated carbocycles. The molecule has 1 aromatic carbocycles. The molecular formula is C20H23N3O3. The van der Waals surface area contributed by atoms with Gasteiger partial charge in [-0.1, -0.05) is 26.0 Å². The van der Waals surface area contributed by atoms with Gasteiger partial charge in [0.05, 0.1) is 18.2 Å². The number of ether oxygens (including phenoxy) is 1. The van der Waals surface area contributed by atoms with Gasteiger partial charge in [0.25, 0.3) is 5.56 Å². The topological polar surface area (TPSA) is 66.1 Å². The maximum absolute atomic E-state index is 13.4. The van der Waals surface area contributed by atoms with Crippen molar-refractivity contribution in [3.63, 3.8) is 0 Å².